The summed E-state index contributed by atoms with van der Waals surface area (Å²) in [7, 11) is 0. The smallest absolute Gasteiger partial charge is 0.172 e. The Balaban J connectivity index is 1.84. The maximum atomic E-state index is 11.9. The second-order valence-electron chi connectivity index (χ2n) is 4.18. The fourth-order valence-electron chi connectivity index (χ4n) is 1.93. The van der Waals surface area contributed by atoms with Gasteiger partial charge in [-0.1, -0.05) is 11.6 Å². The van der Waals surface area contributed by atoms with Crippen LogP contribution in [0.1, 0.15) is 41.8 Å². The average Bonchev–Trinajstić information content (AvgIpc) is 2.68. The Bertz CT molecular complexity index is 380. The van der Waals surface area contributed by atoms with Gasteiger partial charge in [0, 0.05) is 13.0 Å². The van der Waals surface area contributed by atoms with E-state index in [0.29, 0.717) is 11.4 Å². The van der Waals surface area contributed by atoms with Gasteiger partial charge in [-0.2, -0.15) is 0 Å². The van der Waals surface area contributed by atoms with Gasteiger partial charge < -0.3 is 4.74 Å². The summed E-state index contributed by atoms with van der Waals surface area (Å²) in [5.41, 5.74) is 0. The van der Waals surface area contributed by atoms with E-state index in [4.69, 9.17) is 16.3 Å². The maximum Gasteiger partial charge on any atom is 0.172 e. The van der Waals surface area contributed by atoms with Gasteiger partial charge in [0.1, 0.15) is 0 Å². The van der Waals surface area contributed by atoms with Gasteiger partial charge in [-0.05, 0) is 47.7 Å². The fraction of sp³-hybridized carbons (Fsp3) is 0.583. The van der Waals surface area contributed by atoms with Crippen LogP contribution in [-0.4, -0.2) is 18.5 Å². The number of hydrogen-bond acceptors (Lipinski definition) is 3. The summed E-state index contributed by atoms with van der Waals surface area (Å²) in [4.78, 5) is 12.7. The first-order chi connectivity index (χ1) is 8.16. The summed E-state index contributed by atoms with van der Waals surface area (Å²) in [5.74, 6) is 0.164. The number of halogens is 2. The average molecular weight is 338 g/mol. The minimum atomic E-state index is 0.164. The molecule has 17 heavy (non-hydrogen) atoms. The molecule has 2 nitrogen and oxygen atoms in total. The van der Waals surface area contributed by atoms with Crippen LogP contribution in [0.25, 0.3) is 0 Å². The molecule has 1 aromatic heterocycles. The van der Waals surface area contributed by atoms with Crippen LogP contribution in [0.4, 0.5) is 0 Å². The number of Topliss-reactive ketones (excluding diaryl/α,β-unsaturated/α-hetero) is 1. The molecule has 0 bridgehead atoms. The Morgan fingerprint density at radius 1 is 1.59 bits per heavy atom. The van der Waals surface area contributed by atoms with Crippen molar-refractivity contribution in [1.82, 2.24) is 0 Å². The number of hydrogen-bond donors (Lipinski definition) is 0. The zero-order valence-corrected chi connectivity index (χ0v) is 12.5. The van der Waals surface area contributed by atoms with Gasteiger partial charge in [0.05, 0.1) is 19.8 Å². The molecule has 0 spiro atoms. The van der Waals surface area contributed by atoms with E-state index in [1.54, 1.807) is 6.07 Å². The van der Waals surface area contributed by atoms with E-state index in [9.17, 15) is 4.79 Å². The molecule has 94 valence electrons. The van der Waals surface area contributed by atoms with Gasteiger partial charge in [-0.3, -0.25) is 4.79 Å². The highest BCUT2D eigenvalue weighted by atomic mass is 79.9. The zero-order chi connectivity index (χ0) is 12.3. The molecule has 1 aliphatic rings. The van der Waals surface area contributed by atoms with E-state index in [1.807, 2.05) is 0 Å². The molecule has 1 saturated heterocycles. The van der Waals surface area contributed by atoms with Crippen LogP contribution >= 0.6 is 38.9 Å². The summed E-state index contributed by atoms with van der Waals surface area (Å²) in [6, 6.07) is 1.74. The highest BCUT2D eigenvalue weighted by Crippen LogP contribution is 2.33. The van der Waals surface area contributed by atoms with Crippen molar-refractivity contribution >= 4 is 44.7 Å². The monoisotopic (exact) mass is 336 g/mol. The predicted octanol–water partition coefficient (Wildman–Crippen LogP) is 4.70. The lowest BCUT2D eigenvalue weighted by Gasteiger charge is -2.21. The summed E-state index contributed by atoms with van der Waals surface area (Å²) in [6.45, 7) is 0.842. The van der Waals surface area contributed by atoms with Crippen LogP contribution in [0, 0.1) is 0 Å². The molecule has 1 aliphatic heterocycles. The molecule has 2 rings (SSSR count). The first-order valence-corrected chi connectivity index (χ1v) is 7.75. The molecule has 0 amide bonds. The normalized spacial score (nSPS) is 20.5. The molecule has 1 atom stereocenters. The summed E-state index contributed by atoms with van der Waals surface area (Å²) in [5, 5.41) is 0.618. The number of ether oxygens (including phenoxy) is 1. The first kappa shape index (κ1) is 13.5. The van der Waals surface area contributed by atoms with Crippen LogP contribution in [0.15, 0.2) is 9.85 Å². The molecule has 2 heterocycles. The van der Waals surface area contributed by atoms with Gasteiger partial charge in [-0.15, -0.1) is 11.3 Å². The number of rotatable bonds is 4. The fourth-order valence-corrected chi connectivity index (χ4v) is 3.60. The summed E-state index contributed by atoms with van der Waals surface area (Å²) < 4.78 is 6.44. The van der Waals surface area contributed by atoms with Crippen LogP contribution in [-0.2, 0) is 4.74 Å². The Hall–Kier alpha value is 0.1000. The van der Waals surface area contributed by atoms with E-state index in [1.165, 1.54) is 17.8 Å². The molecule has 1 aromatic rings. The lowest BCUT2D eigenvalue weighted by molar-refractivity contribution is 0.0105. The molecular formula is C12H14BrClO2S. The van der Waals surface area contributed by atoms with Crippen LogP contribution in [0.2, 0.25) is 5.02 Å². The first-order valence-electron chi connectivity index (χ1n) is 5.76. The second kappa shape index (κ2) is 6.32. The van der Waals surface area contributed by atoms with Gasteiger partial charge >= 0.3 is 0 Å². The van der Waals surface area contributed by atoms with Gasteiger partial charge in [0.2, 0.25) is 0 Å². The lowest BCUT2D eigenvalue weighted by Crippen LogP contribution is -2.19. The van der Waals surface area contributed by atoms with E-state index >= 15 is 0 Å². The molecular weight excluding hydrogens is 324 g/mol. The molecule has 1 unspecified atom stereocenters. The standard InChI is InChI=1S/C12H14BrClO2S/c13-12-9(14)7-11(17-12)10(15)5-4-8-3-1-2-6-16-8/h7-8H,1-6H2. The number of ketones is 1. The molecule has 0 aliphatic carbocycles. The van der Waals surface area contributed by atoms with Crippen molar-refractivity contribution < 1.29 is 9.53 Å². The van der Waals surface area contributed by atoms with Crippen molar-refractivity contribution in [2.75, 3.05) is 6.61 Å². The Morgan fingerprint density at radius 2 is 2.41 bits per heavy atom. The SMILES string of the molecule is O=C(CCC1CCCCO1)c1cc(Cl)c(Br)s1. The molecule has 1 fully saturated rings. The largest absolute Gasteiger partial charge is 0.378 e. The minimum Gasteiger partial charge on any atom is -0.378 e. The van der Waals surface area contributed by atoms with E-state index < -0.39 is 0 Å². The predicted molar refractivity (Wildman–Crippen MR) is 74.2 cm³/mol. The number of carbonyl (C=O) groups is 1. The van der Waals surface area contributed by atoms with Crippen molar-refractivity contribution in [3.05, 3.63) is 19.8 Å². The topological polar surface area (TPSA) is 26.3 Å². The summed E-state index contributed by atoms with van der Waals surface area (Å²) in [6.07, 6.45) is 5.10. The maximum absolute atomic E-state index is 11.9. The Morgan fingerprint density at radius 3 is 3.00 bits per heavy atom. The van der Waals surface area contributed by atoms with Crippen molar-refractivity contribution in [3.8, 4) is 0 Å². The third-order valence-corrected chi connectivity index (χ3v) is 5.40. The Kier molecular flexibility index (Phi) is 5.03. The highest BCUT2D eigenvalue weighted by molar-refractivity contribution is 9.11. The highest BCUT2D eigenvalue weighted by Gasteiger charge is 2.17. The van der Waals surface area contributed by atoms with Crippen molar-refractivity contribution in [1.29, 1.82) is 0 Å². The van der Waals surface area contributed by atoms with Gasteiger partial charge in [-0.25, -0.2) is 0 Å². The van der Waals surface area contributed by atoms with Crippen molar-refractivity contribution in [2.24, 2.45) is 0 Å². The molecule has 0 N–H and O–H groups in total. The molecule has 0 saturated carbocycles. The van der Waals surface area contributed by atoms with Crippen molar-refractivity contribution in [2.45, 2.75) is 38.2 Å². The molecule has 0 radical (unpaired) electrons. The zero-order valence-electron chi connectivity index (χ0n) is 9.38. The lowest BCUT2D eigenvalue weighted by atomic mass is 10.0. The third-order valence-electron chi connectivity index (χ3n) is 2.89. The van der Waals surface area contributed by atoms with Crippen LogP contribution in [0.5, 0.6) is 0 Å². The van der Waals surface area contributed by atoms with E-state index in [0.717, 1.165) is 34.5 Å². The quantitative estimate of drug-likeness (QED) is 0.745. The third kappa shape index (κ3) is 3.78. The number of thiophene rings is 1. The van der Waals surface area contributed by atoms with Crippen LogP contribution in [0.3, 0.4) is 0 Å². The van der Waals surface area contributed by atoms with E-state index in [-0.39, 0.29) is 11.9 Å². The van der Waals surface area contributed by atoms with Gasteiger partial charge in [0.25, 0.3) is 0 Å². The summed E-state index contributed by atoms with van der Waals surface area (Å²) >= 11 is 10.6. The van der Waals surface area contributed by atoms with Crippen LogP contribution < -0.4 is 0 Å². The van der Waals surface area contributed by atoms with Crippen molar-refractivity contribution in [3.63, 3.8) is 0 Å². The van der Waals surface area contributed by atoms with Gasteiger partial charge in [0.15, 0.2) is 5.78 Å². The molecule has 0 aromatic carbocycles. The second-order valence-corrected chi connectivity index (χ2v) is 6.96. The molecule has 5 heteroatoms. The number of carbonyl (C=O) groups excluding carboxylic acids is 1. The Labute approximate surface area is 118 Å². The minimum absolute atomic E-state index is 0.164. The van der Waals surface area contributed by atoms with E-state index in [2.05, 4.69) is 15.9 Å².